The molecule has 0 aliphatic carbocycles. The maximum absolute atomic E-state index is 12.7. The van der Waals surface area contributed by atoms with Crippen LogP contribution in [-0.4, -0.2) is 60.7 Å². The zero-order chi connectivity index (χ0) is 18.7. The number of carbonyl (C=O) groups is 3. The minimum absolute atomic E-state index is 0.107. The lowest BCUT2D eigenvalue weighted by Crippen LogP contribution is -2.37. The van der Waals surface area contributed by atoms with Gasteiger partial charge in [0.25, 0.3) is 0 Å². The largest absolute Gasteiger partial charge is 0.341 e. The lowest BCUT2D eigenvalue weighted by Gasteiger charge is -2.26. The molecule has 0 unspecified atom stereocenters. The second-order valence-electron chi connectivity index (χ2n) is 7.06. The van der Waals surface area contributed by atoms with Crippen LogP contribution in [0.25, 0.3) is 0 Å². The quantitative estimate of drug-likeness (QED) is 0.826. The molecule has 1 saturated heterocycles. The Balaban J connectivity index is 1.63. The molecule has 6 nitrogen and oxygen atoms in total. The number of nitrogens with zero attached hydrogens (tertiary/aromatic N) is 3. The minimum Gasteiger partial charge on any atom is -0.341 e. The Kier molecular flexibility index (Phi) is 5.59. The van der Waals surface area contributed by atoms with E-state index in [2.05, 4.69) is 6.07 Å². The molecule has 6 heteroatoms. The summed E-state index contributed by atoms with van der Waals surface area (Å²) >= 11 is 0. The predicted molar refractivity (Wildman–Crippen MR) is 99.9 cm³/mol. The van der Waals surface area contributed by atoms with Crippen LogP contribution < -0.4 is 4.90 Å². The van der Waals surface area contributed by atoms with Crippen molar-refractivity contribution in [2.45, 2.75) is 39.0 Å². The third-order valence-electron chi connectivity index (χ3n) is 5.35. The van der Waals surface area contributed by atoms with Crippen molar-refractivity contribution >= 4 is 23.4 Å². The number of hydrogen-bond acceptors (Lipinski definition) is 3. The molecule has 0 spiro atoms. The van der Waals surface area contributed by atoms with Gasteiger partial charge in [0.2, 0.25) is 17.7 Å². The molecule has 2 aliphatic rings. The molecular weight excluding hydrogens is 330 g/mol. The SMILES string of the molecule is CCC(=O)N1CCCN(C(=O)Cc2ccc3c(c2)CCC(=O)N3C)CC1. The van der Waals surface area contributed by atoms with Crippen molar-refractivity contribution < 1.29 is 14.4 Å². The van der Waals surface area contributed by atoms with Crippen molar-refractivity contribution in [2.24, 2.45) is 0 Å². The van der Waals surface area contributed by atoms with E-state index in [4.69, 9.17) is 0 Å². The first-order chi connectivity index (χ1) is 12.5. The summed E-state index contributed by atoms with van der Waals surface area (Å²) in [5.41, 5.74) is 3.07. The molecule has 2 aliphatic heterocycles. The van der Waals surface area contributed by atoms with Crippen LogP contribution in [0.5, 0.6) is 0 Å². The maximum Gasteiger partial charge on any atom is 0.227 e. The molecular formula is C20H27N3O3. The zero-order valence-corrected chi connectivity index (χ0v) is 15.7. The standard InChI is InChI=1S/C20H27N3O3/c1-3-18(24)22-9-4-10-23(12-11-22)20(26)14-15-5-7-17-16(13-15)6-8-19(25)21(17)2/h5,7,13H,3-4,6,8-12,14H2,1-2H3. The van der Waals surface area contributed by atoms with Gasteiger partial charge in [-0.3, -0.25) is 14.4 Å². The van der Waals surface area contributed by atoms with Crippen molar-refractivity contribution in [3.05, 3.63) is 29.3 Å². The zero-order valence-electron chi connectivity index (χ0n) is 15.7. The van der Waals surface area contributed by atoms with Gasteiger partial charge >= 0.3 is 0 Å². The molecule has 0 N–H and O–H groups in total. The van der Waals surface area contributed by atoms with Crippen LogP contribution in [0.3, 0.4) is 0 Å². The summed E-state index contributed by atoms with van der Waals surface area (Å²) in [6.45, 7) is 4.53. The third kappa shape index (κ3) is 3.89. The van der Waals surface area contributed by atoms with Crippen molar-refractivity contribution in [1.29, 1.82) is 0 Å². The molecule has 0 atom stereocenters. The summed E-state index contributed by atoms with van der Waals surface area (Å²) in [6, 6.07) is 5.94. The predicted octanol–water partition coefficient (Wildman–Crippen LogP) is 1.61. The smallest absolute Gasteiger partial charge is 0.227 e. The Morgan fingerprint density at radius 1 is 1.00 bits per heavy atom. The van der Waals surface area contributed by atoms with Gasteiger partial charge in [-0.15, -0.1) is 0 Å². The summed E-state index contributed by atoms with van der Waals surface area (Å²) < 4.78 is 0. The van der Waals surface area contributed by atoms with Crippen molar-refractivity contribution in [3.8, 4) is 0 Å². The van der Waals surface area contributed by atoms with E-state index in [1.54, 1.807) is 11.9 Å². The van der Waals surface area contributed by atoms with E-state index >= 15 is 0 Å². The van der Waals surface area contributed by atoms with Crippen LogP contribution in [-0.2, 0) is 27.2 Å². The number of fused-ring (bicyclic) bond motifs is 1. The molecule has 1 fully saturated rings. The highest BCUT2D eigenvalue weighted by Crippen LogP contribution is 2.27. The number of carbonyl (C=O) groups excluding carboxylic acids is 3. The summed E-state index contributed by atoms with van der Waals surface area (Å²) in [7, 11) is 1.80. The highest BCUT2D eigenvalue weighted by molar-refractivity contribution is 5.96. The highest BCUT2D eigenvalue weighted by atomic mass is 16.2. The third-order valence-corrected chi connectivity index (χ3v) is 5.35. The number of amides is 3. The van der Waals surface area contributed by atoms with Gasteiger partial charge in [0.1, 0.15) is 0 Å². The summed E-state index contributed by atoms with van der Waals surface area (Å²) in [6.07, 6.45) is 2.97. The average Bonchev–Trinajstić information content (AvgIpc) is 2.90. The lowest BCUT2D eigenvalue weighted by atomic mass is 9.98. The summed E-state index contributed by atoms with van der Waals surface area (Å²) in [5, 5.41) is 0. The van der Waals surface area contributed by atoms with E-state index in [1.165, 1.54) is 0 Å². The van der Waals surface area contributed by atoms with Gasteiger partial charge in [0.05, 0.1) is 6.42 Å². The molecule has 0 radical (unpaired) electrons. The van der Waals surface area contributed by atoms with E-state index in [9.17, 15) is 14.4 Å². The molecule has 0 bridgehead atoms. The molecule has 3 amide bonds. The van der Waals surface area contributed by atoms with E-state index in [0.29, 0.717) is 38.9 Å². The summed E-state index contributed by atoms with van der Waals surface area (Å²) in [5.74, 6) is 0.403. The fourth-order valence-electron chi connectivity index (χ4n) is 3.75. The Labute approximate surface area is 154 Å². The van der Waals surface area contributed by atoms with Crippen LogP contribution in [0, 0.1) is 0 Å². The van der Waals surface area contributed by atoms with Crippen LogP contribution in [0.4, 0.5) is 5.69 Å². The molecule has 140 valence electrons. The fraction of sp³-hybridized carbons (Fsp3) is 0.550. The monoisotopic (exact) mass is 357 g/mol. The molecule has 0 aromatic heterocycles. The van der Waals surface area contributed by atoms with Gasteiger partial charge in [0, 0.05) is 51.8 Å². The highest BCUT2D eigenvalue weighted by Gasteiger charge is 2.23. The summed E-state index contributed by atoms with van der Waals surface area (Å²) in [4.78, 5) is 41.8. The Morgan fingerprint density at radius 2 is 1.69 bits per heavy atom. The Bertz CT molecular complexity index is 716. The second-order valence-corrected chi connectivity index (χ2v) is 7.06. The topological polar surface area (TPSA) is 60.9 Å². The van der Waals surface area contributed by atoms with Crippen molar-refractivity contribution in [3.63, 3.8) is 0 Å². The molecule has 26 heavy (non-hydrogen) atoms. The van der Waals surface area contributed by atoms with E-state index in [1.807, 2.05) is 28.9 Å². The van der Waals surface area contributed by atoms with E-state index in [-0.39, 0.29) is 17.7 Å². The first-order valence-corrected chi connectivity index (χ1v) is 9.43. The number of hydrogen-bond donors (Lipinski definition) is 0. The van der Waals surface area contributed by atoms with Crippen molar-refractivity contribution in [1.82, 2.24) is 9.80 Å². The molecule has 1 aromatic rings. The van der Waals surface area contributed by atoms with E-state index in [0.717, 1.165) is 36.2 Å². The van der Waals surface area contributed by atoms with Gasteiger partial charge in [0.15, 0.2) is 0 Å². The minimum atomic E-state index is 0.107. The normalized spacial score (nSPS) is 17.8. The lowest BCUT2D eigenvalue weighted by molar-refractivity contribution is -0.133. The number of benzene rings is 1. The molecule has 3 rings (SSSR count). The van der Waals surface area contributed by atoms with Crippen LogP contribution in [0.15, 0.2) is 18.2 Å². The molecule has 0 saturated carbocycles. The number of rotatable bonds is 3. The second kappa shape index (κ2) is 7.89. The van der Waals surface area contributed by atoms with Gasteiger partial charge in [-0.05, 0) is 30.0 Å². The first kappa shape index (κ1) is 18.4. The van der Waals surface area contributed by atoms with Crippen LogP contribution in [0.1, 0.15) is 37.3 Å². The van der Waals surface area contributed by atoms with Gasteiger partial charge in [-0.1, -0.05) is 19.1 Å². The van der Waals surface area contributed by atoms with Gasteiger partial charge < -0.3 is 14.7 Å². The van der Waals surface area contributed by atoms with E-state index < -0.39 is 0 Å². The maximum atomic E-state index is 12.7. The van der Waals surface area contributed by atoms with Crippen LogP contribution >= 0.6 is 0 Å². The van der Waals surface area contributed by atoms with Gasteiger partial charge in [-0.2, -0.15) is 0 Å². The van der Waals surface area contributed by atoms with Gasteiger partial charge in [-0.25, -0.2) is 0 Å². The first-order valence-electron chi connectivity index (χ1n) is 9.43. The molecule has 1 aromatic carbocycles. The Morgan fingerprint density at radius 3 is 2.38 bits per heavy atom. The number of anilines is 1. The number of aryl methyl sites for hydroxylation is 1. The van der Waals surface area contributed by atoms with Crippen LogP contribution in [0.2, 0.25) is 0 Å². The van der Waals surface area contributed by atoms with Crippen molar-refractivity contribution in [2.75, 3.05) is 38.1 Å². The fourth-order valence-corrected chi connectivity index (χ4v) is 3.75. The Hall–Kier alpha value is -2.37. The average molecular weight is 357 g/mol. The molecule has 2 heterocycles.